The van der Waals surface area contributed by atoms with E-state index in [0.717, 1.165) is 6.07 Å². The van der Waals surface area contributed by atoms with Gasteiger partial charge in [-0.3, -0.25) is 4.79 Å². The van der Waals surface area contributed by atoms with Crippen LogP contribution in [-0.4, -0.2) is 15.6 Å². The number of hydrogen-bond acceptors (Lipinski definition) is 2. The molecule has 0 atom stereocenters. The van der Waals surface area contributed by atoms with Crippen LogP contribution < -0.4 is 5.43 Å². The van der Waals surface area contributed by atoms with Crippen LogP contribution in [0.1, 0.15) is 17.3 Å². The maximum absolute atomic E-state index is 14.5. The molecular weight excluding hydrogens is 297 g/mol. The van der Waals surface area contributed by atoms with Gasteiger partial charge in [0.15, 0.2) is 0 Å². The molecule has 1 N–H and O–H groups in total. The number of carboxylic acid groups (broad SMARTS) is 1. The number of aromatic nitrogens is 1. The van der Waals surface area contributed by atoms with Crippen LogP contribution in [0.25, 0.3) is 22.0 Å². The predicted octanol–water partition coefficient (Wildman–Crippen LogP) is 3.53. The highest BCUT2D eigenvalue weighted by Crippen LogP contribution is 2.27. The first-order chi connectivity index (χ1) is 11.0. The number of hydrogen-bond donors (Lipinski definition) is 1. The second-order valence-corrected chi connectivity index (χ2v) is 5.18. The van der Waals surface area contributed by atoms with Gasteiger partial charge in [0.05, 0.1) is 5.52 Å². The van der Waals surface area contributed by atoms with E-state index in [2.05, 4.69) is 0 Å². The molecule has 0 aliphatic carbocycles. The molecule has 2 aromatic carbocycles. The monoisotopic (exact) mass is 311 g/mol. The highest BCUT2D eigenvalue weighted by atomic mass is 19.1. The van der Waals surface area contributed by atoms with Crippen molar-refractivity contribution in [2.24, 2.45) is 0 Å². The lowest BCUT2D eigenvalue weighted by Gasteiger charge is -2.12. The van der Waals surface area contributed by atoms with E-state index in [0.29, 0.717) is 23.2 Å². The van der Waals surface area contributed by atoms with Gasteiger partial charge in [0.2, 0.25) is 5.43 Å². The summed E-state index contributed by atoms with van der Waals surface area (Å²) >= 11 is 0. The van der Waals surface area contributed by atoms with E-state index in [9.17, 15) is 14.0 Å². The van der Waals surface area contributed by atoms with E-state index < -0.39 is 17.2 Å². The summed E-state index contributed by atoms with van der Waals surface area (Å²) in [6, 6.07) is 11.7. The van der Waals surface area contributed by atoms with Crippen LogP contribution in [0, 0.1) is 5.82 Å². The predicted molar refractivity (Wildman–Crippen MR) is 86.2 cm³/mol. The number of rotatable bonds is 3. The van der Waals surface area contributed by atoms with Gasteiger partial charge in [-0.2, -0.15) is 0 Å². The van der Waals surface area contributed by atoms with Gasteiger partial charge in [0, 0.05) is 23.7 Å². The standard InChI is InChI=1S/C18H14FNO3/c1-2-20-10-14(18(22)23)17(21)13-8-15(19)12(9-16(13)20)11-6-4-3-5-7-11/h3-10H,2H2,1H3,(H,22,23). The number of carboxylic acids is 1. The van der Waals surface area contributed by atoms with Crippen molar-refractivity contribution in [1.82, 2.24) is 4.57 Å². The number of fused-ring (bicyclic) bond motifs is 1. The second-order valence-electron chi connectivity index (χ2n) is 5.18. The van der Waals surface area contributed by atoms with Gasteiger partial charge in [-0.1, -0.05) is 30.3 Å². The van der Waals surface area contributed by atoms with Crippen molar-refractivity contribution in [3.05, 3.63) is 70.3 Å². The molecule has 1 heterocycles. The van der Waals surface area contributed by atoms with Crippen molar-refractivity contribution in [1.29, 1.82) is 0 Å². The zero-order valence-electron chi connectivity index (χ0n) is 12.4. The first kappa shape index (κ1) is 15.0. The lowest BCUT2D eigenvalue weighted by Crippen LogP contribution is -2.19. The highest BCUT2D eigenvalue weighted by molar-refractivity contribution is 5.93. The Morgan fingerprint density at radius 3 is 2.52 bits per heavy atom. The number of carbonyl (C=O) groups is 1. The molecule has 0 spiro atoms. The number of benzene rings is 2. The zero-order valence-corrected chi connectivity index (χ0v) is 12.4. The van der Waals surface area contributed by atoms with Gasteiger partial charge in [-0.15, -0.1) is 0 Å². The molecule has 4 nitrogen and oxygen atoms in total. The van der Waals surface area contributed by atoms with Crippen molar-refractivity contribution in [2.75, 3.05) is 0 Å². The van der Waals surface area contributed by atoms with Crippen LogP contribution in [0.5, 0.6) is 0 Å². The lowest BCUT2D eigenvalue weighted by atomic mass is 10.0. The SMILES string of the molecule is CCn1cc(C(=O)O)c(=O)c2cc(F)c(-c3ccccc3)cc21. The van der Waals surface area contributed by atoms with Gasteiger partial charge < -0.3 is 9.67 Å². The Bertz CT molecular complexity index is 961. The molecular formula is C18H14FNO3. The van der Waals surface area contributed by atoms with E-state index in [1.54, 1.807) is 34.9 Å². The van der Waals surface area contributed by atoms with Crippen molar-refractivity contribution >= 4 is 16.9 Å². The average Bonchev–Trinajstić information content (AvgIpc) is 2.55. The van der Waals surface area contributed by atoms with Crippen LogP contribution >= 0.6 is 0 Å². The Morgan fingerprint density at radius 1 is 1.22 bits per heavy atom. The van der Waals surface area contributed by atoms with Crippen LogP contribution in [0.2, 0.25) is 0 Å². The van der Waals surface area contributed by atoms with Crippen LogP contribution in [0.4, 0.5) is 4.39 Å². The third-order valence-electron chi connectivity index (χ3n) is 3.82. The molecule has 0 aliphatic heterocycles. The molecule has 0 saturated heterocycles. The molecule has 0 amide bonds. The summed E-state index contributed by atoms with van der Waals surface area (Å²) in [4.78, 5) is 23.5. The van der Waals surface area contributed by atoms with Gasteiger partial charge in [0.1, 0.15) is 11.4 Å². The Labute approximate surface area is 131 Å². The van der Waals surface area contributed by atoms with Crippen molar-refractivity contribution in [3.63, 3.8) is 0 Å². The molecule has 0 radical (unpaired) electrons. The summed E-state index contributed by atoms with van der Waals surface area (Å²) in [6.07, 6.45) is 1.31. The van der Waals surface area contributed by atoms with Crippen LogP contribution in [0.15, 0.2) is 53.5 Å². The Hall–Kier alpha value is -2.95. The smallest absolute Gasteiger partial charge is 0.341 e. The summed E-state index contributed by atoms with van der Waals surface area (Å²) < 4.78 is 16.1. The second kappa shape index (κ2) is 5.68. The molecule has 1 aromatic heterocycles. The van der Waals surface area contributed by atoms with E-state index >= 15 is 0 Å². The minimum absolute atomic E-state index is 0.0731. The van der Waals surface area contributed by atoms with E-state index in [1.165, 1.54) is 6.20 Å². The fraction of sp³-hybridized carbons (Fsp3) is 0.111. The number of pyridine rings is 1. The Balaban J connectivity index is 2.39. The number of aryl methyl sites for hydroxylation is 1. The van der Waals surface area contributed by atoms with Crippen molar-refractivity contribution in [2.45, 2.75) is 13.5 Å². The average molecular weight is 311 g/mol. The highest BCUT2D eigenvalue weighted by Gasteiger charge is 2.17. The van der Waals surface area contributed by atoms with Crippen molar-refractivity contribution < 1.29 is 14.3 Å². The number of nitrogens with zero attached hydrogens (tertiary/aromatic N) is 1. The third-order valence-corrected chi connectivity index (χ3v) is 3.82. The third kappa shape index (κ3) is 2.50. The summed E-state index contributed by atoms with van der Waals surface area (Å²) in [5.74, 6) is -1.86. The fourth-order valence-electron chi connectivity index (χ4n) is 2.66. The molecule has 5 heteroatoms. The molecule has 0 aliphatic rings. The number of aromatic carboxylic acids is 1. The molecule has 3 aromatic rings. The van der Waals surface area contributed by atoms with Crippen molar-refractivity contribution in [3.8, 4) is 11.1 Å². The molecule has 116 valence electrons. The van der Waals surface area contributed by atoms with E-state index in [4.69, 9.17) is 5.11 Å². The summed E-state index contributed by atoms with van der Waals surface area (Å²) in [5.41, 5.74) is 0.566. The normalized spacial score (nSPS) is 10.9. The minimum atomic E-state index is -1.31. The number of halogens is 1. The topological polar surface area (TPSA) is 59.3 Å². The summed E-state index contributed by atoms with van der Waals surface area (Å²) in [7, 11) is 0. The first-order valence-electron chi connectivity index (χ1n) is 7.18. The van der Waals surface area contributed by atoms with Gasteiger partial charge in [-0.25, -0.2) is 9.18 Å². The lowest BCUT2D eigenvalue weighted by molar-refractivity contribution is 0.0695. The van der Waals surface area contributed by atoms with Crippen LogP contribution in [0.3, 0.4) is 0 Å². The molecule has 23 heavy (non-hydrogen) atoms. The Morgan fingerprint density at radius 2 is 1.91 bits per heavy atom. The fourth-order valence-corrected chi connectivity index (χ4v) is 2.66. The summed E-state index contributed by atoms with van der Waals surface area (Å²) in [5, 5.41) is 9.21. The van der Waals surface area contributed by atoms with Gasteiger partial charge in [-0.05, 0) is 24.6 Å². The van der Waals surface area contributed by atoms with Gasteiger partial charge >= 0.3 is 5.97 Å². The zero-order chi connectivity index (χ0) is 16.6. The molecule has 0 unspecified atom stereocenters. The molecule has 0 saturated carbocycles. The van der Waals surface area contributed by atoms with E-state index in [-0.39, 0.29) is 10.9 Å². The van der Waals surface area contributed by atoms with Gasteiger partial charge in [0.25, 0.3) is 0 Å². The Kier molecular flexibility index (Phi) is 3.70. The maximum Gasteiger partial charge on any atom is 0.341 e. The largest absolute Gasteiger partial charge is 0.477 e. The molecule has 0 fully saturated rings. The summed E-state index contributed by atoms with van der Waals surface area (Å²) in [6.45, 7) is 2.30. The minimum Gasteiger partial charge on any atom is -0.477 e. The van der Waals surface area contributed by atoms with E-state index in [1.807, 2.05) is 13.0 Å². The molecule has 3 rings (SSSR count). The first-order valence-corrected chi connectivity index (χ1v) is 7.18. The quantitative estimate of drug-likeness (QED) is 0.805. The van der Waals surface area contributed by atoms with Crippen LogP contribution in [-0.2, 0) is 6.54 Å². The maximum atomic E-state index is 14.5. The molecule has 0 bridgehead atoms.